The fourth-order valence-corrected chi connectivity index (χ4v) is 2.49. The largest absolute Gasteiger partial charge is 0.481 e. The van der Waals surface area contributed by atoms with Gasteiger partial charge in [-0.1, -0.05) is 36.4 Å². The lowest BCUT2D eigenvalue weighted by molar-refractivity contribution is -0.140. The standard InChI is InChI=1S/C19H19FN2O4/c1-10-2-3-13(8-15(10)20)11-4-6-12(7-5-11)17(23)14(19(25)26)9-16(21)18(22)24/h2-8,14,16H,9,21H2,1H3,(H2,22,24)(H,25,26)/t14?,16-/m0/s1. The zero-order valence-electron chi connectivity index (χ0n) is 14.1. The van der Waals surface area contributed by atoms with Crippen LogP contribution in [0.4, 0.5) is 4.39 Å². The first-order valence-electron chi connectivity index (χ1n) is 7.89. The summed E-state index contributed by atoms with van der Waals surface area (Å²) in [5.74, 6) is -4.73. The Balaban J connectivity index is 2.24. The third kappa shape index (κ3) is 4.31. The van der Waals surface area contributed by atoms with Gasteiger partial charge in [-0.15, -0.1) is 0 Å². The Kier molecular flexibility index (Phi) is 5.84. The lowest BCUT2D eigenvalue weighted by Crippen LogP contribution is -2.41. The molecule has 0 saturated heterocycles. The Morgan fingerprint density at radius 2 is 1.65 bits per heavy atom. The van der Waals surface area contributed by atoms with Crippen molar-refractivity contribution in [3.05, 3.63) is 59.4 Å². The van der Waals surface area contributed by atoms with Crippen LogP contribution in [0.25, 0.3) is 11.1 Å². The highest BCUT2D eigenvalue weighted by molar-refractivity contribution is 6.08. The molecule has 26 heavy (non-hydrogen) atoms. The fourth-order valence-electron chi connectivity index (χ4n) is 2.49. The zero-order chi connectivity index (χ0) is 19.4. The minimum absolute atomic E-state index is 0.158. The molecule has 0 radical (unpaired) electrons. The van der Waals surface area contributed by atoms with Crippen LogP contribution in [0.3, 0.4) is 0 Å². The molecule has 7 heteroatoms. The van der Waals surface area contributed by atoms with Crippen molar-refractivity contribution in [2.45, 2.75) is 19.4 Å². The number of ketones is 1. The number of carboxylic acid groups (broad SMARTS) is 1. The molecule has 2 atom stereocenters. The predicted octanol–water partition coefficient (Wildman–Crippen LogP) is 1.89. The third-order valence-corrected chi connectivity index (χ3v) is 4.14. The monoisotopic (exact) mass is 358 g/mol. The number of primary amides is 1. The summed E-state index contributed by atoms with van der Waals surface area (Å²) in [6.45, 7) is 1.66. The van der Waals surface area contributed by atoms with Crippen LogP contribution in [-0.4, -0.2) is 28.8 Å². The van der Waals surface area contributed by atoms with Crippen molar-refractivity contribution in [2.75, 3.05) is 0 Å². The molecule has 0 fully saturated rings. The zero-order valence-corrected chi connectivity index (χ0v) is 14.1. The molecular formula is C19H19FN2O4. The normalized spacial score (nSPS) is 13.0. The summed E-state index contributed by atoms with van der Waals surface area (Å²) in [6.07, 6.45) is -0.381. The van der Waals surface area contributed by atoms with Crippen molar-refractivity contribution >= 4 is 17.7 Å². The summed E-state index contributed by atoms with van der Waals surface area (Å²) in [4.78, 5) is 34.8. The molecule has 1 unspecified atom stereocenters. The number of nitrogens with two attached hydrogens (primary N) is 2. The molecule has 1 amide bonds. The first-order chi connectivity index (χ1) is 12.2. The summed E-state index contributed by atoms with van der Waals surface area (Å²) in [7, 11) is 0. The average Bonchev–Trinajstić information content (AvgIpc) is 2.61. The molecule has 136 valence electrons. The SMILES string of the molecule is Cc1ccc(-c2ccc(C(=O)C(C[C@H](N)C(N)=O)C(=O)O)cc2)cc1F. The summed E-state index contributed by atoms with van der Waals surface area (Å²) >= 11 is 0. The van der Waals surface area contributed by atoms with Crippen molar-refractivity contribution in [3.63, 3.8) is 0 Å². The number of carboxylic acids is 1. The number of aliphatic carboxylic acids is 1. The number of hydrogen-bond acceptors (Lipinski definition) is 4. The molecule has 6 nitrogen and oxygen atoms in total. The maximum absolute atomic E-state index is 13.7. The average molecular weight is 358 g/mol. The van der Waals surface area contributed by atoms with E-state index in [0.29, 0.717) is 16.7 Å². The van der Waals surface area contributed by atoms with E-state index in [1.165, 1.54) is 18.2 Å². The van der Waals surface area contributed by atoms with Gasteiger partial charge in [-0.05, 0) is 36.1 Å². The van der Waals surface area contributed by atoms with E-state index in [1.807, 2.05) is 0 Å². The summed E-state index contributed by atoms with van der Waals surface area (Å²) in [6, 6.07) is 9.68. The summed E-state index contributed by atoms with van der Waals surface area (Å²) < 4.78 is 13.7. The van der Waals surface area contributed by atoms with Crippen LogP contribution in [0.15, 0.2) is 42.5 Å². The maximum Gasteiger partial charge on any atom is 0.314 e. The number of amides is 1. The Labute approximate surface area is 149 Å². The molecule has 0 bridgehead atoms. The van der Waals surface area contributed by atoms with E-state index in [4.69, 9.17) is 11.5 Å². The number of hydrogen-bond donors (Lipinski definition) is 3. The van der Waals surface area contributed by atoms with Gasteiger partial charge in [0.15, 0.2) is 5.78 Å². The van der Waals surface area contributed by atoms with Crippen molar-refractivity contribution < 1.29 is 23.9 Å². The highest BCUT2D eigenvalue weighted by atomic mass is 19.1. The summed E-state index contributed by atoms with van der Waals surface area (Å²) in [5.41, 5.74) is 12.5. The van der Waals surface area contributed by atoms with Gasteiger partial charge in [0.25, 0.3) is 0 Å². The van der Waals surface area contributed by atoms with E-state index in [1.54, 1.807) is 31.2 Å². The summed E-state index contributed by atoms with van der Waals surface area (Å²) in [5, 5.41) is 9.25. The van der Waals surface area contributed by atoms with Crippen LogP contribution in [0.5, 0.6) is 0 Å². The molecule has 0 heterocycles. The fraction of sp³-hybridized carbons (Fsp3) is 0.211. The van der Waals surface area contributed by atoms with Crippen LogP contribution < -0.4 is 11.5 Å². The van der Waals surface area contributed by atoms with Crippen molar-refractivity contribution in [2.24, 2.45) is 17.4 Å². The molecule has 2 aromatic carbocycles. The maximum atomic E-state index is 13.7. The van der Waals surface area contributed by atoms with E-state index in [2.05, 4.69) is 0 Å². The Bertz CT molecular complexity index is 849. The molecule has 2 rings (SSSR count). The molecule has 0 aliphatic carbocycles. The molecule has 0 aliphatic rings. The molecule has 0 spiro atoms. The Morgan fingerprint density at radius 3 is 2.15 bits per heavy atom. The van der Waals surface area contributed by atoms with Crippen LogP contribution in [0.2, 0.25) is 0 Å². The van der Waals surface area contributed by atoms with Crippen molar-refractivity contribution in [1.82, 2.24) is 0 Å². The van der Waals surface area contributed by atoms with Gasteiger partial charge >= 0.3 is 5.97 Å². The topological polar surface area (TPSA) is 123 Å². The van der Waals surface area contributed by atoms with Gasteiger partial charge in [-0.25, -0.2) is 4.39 Å². The number of rotatable bonds is 7. The van der Waals surface area contributed by atoms with Crippen LogP contribution >= 0.6 is 0 Å². The highest BCUT2D eigenvalue weighted by Crippen LogP contribution is 2.23. The van der Waals surface area contributed by atoms with Gasteiger partial charge in [-0.2, -0.15) is 0 Å². The predicted molar refractivity (Wildman–Crippen MR) is 93.8 cm³/mol. The van der Waals surface area contributed by atoms with Crippen LogP contribution in [0, 0.1) is 18.7 Å². The first-order valence-corrected chi connectivity index (χ1v) is 7.89. The van der Waals surface area contributed by atoms with E-state index in [-0.39, 0.29) is 17.8 Å². The number of Topliss-reactive ketones (excluding diaryl/α,β-unsaturated/α-hetero) is 1. The van der Waals surface area contributed by atoms with E-state index in [0.717, 1.165) is 0 Å². The smallest absolute Gasteiger partial charge is 0.314 e. The van der Waals surface area contributed by atoms with Crippen molar-refractivity contribution in [3.8, 4) is 11.1 Å². The van der Waals surface area contributed by atoms with E-state index < -0.39 is 29.6 Å². The van der Waals surface area contributed by atoms with Crippen LogP contribution in [-0.2, 0) is 9.59 Å². The van der Waals surface area contributed by atoms with Gasteiger partial charge < -0.3 is 16.6 Å². The molecule has 2 aromatic rings. The lowest BCUT2D eigenvalue weighted by Gasteiger charge is -2.15. The number of benzene rings is 2. The molecule has 0 aliphatic heterocycles. The van der Waals surface area contributed by atoms with Gasteiger partial charge in [0.1, 0.15) is 11.7 Å². The van der Waals surface area contributed by atoms with Crippen molar-refractivity contribution in [1.29, 1.82) is 0 Å². The Hall–Kier alpha value is -3.06. The Morgan fingerprint density at radius 1 is 1.08 bits per heavy atom. The second-order valence-electron chi connectivity index (χ2n) is 6.04. The number of halogens is 1. The van der Waals surface area contributed by atoms with Gasteiger partial charge in [0.05, 0.1) is 6.04 Å². The van der Waals surface area contributed by atoms with Crippen LogP contribution in [0.1, 0.15) is 22.3 Å². The molecule has 0 saturated carbocycles. The molecular weight excluding hydrogens is 339 g/mol. The second-order valence-corrected chi connectivity index (χ2v) is 6.04. The van der Waals surface area contributed by atoms with Gasteiger partial charge in [0.2, 0.25) is 5.91 Å². The second kappa shape index (κ2) is 7.88. The van der Waals surface area contributed by atoms with E-state index in [9.17, 15) is 23.9 Å². The van der Waals surface area contributed by atoms with Gasteiger partial charge in [-0.3, -0.25) is 14.4 Å². The minimum atomic E-state index is -1.47. The minimum Gasteiger partial charge on any atom is -0.481 e. The lowest BCUT2D eigenvalue weighted by atomic mass is 9.90. The molecule has 5 N–H and O–H groups in total. The van der Waals surface area contributed by atoms with E-state index >= 15 is 0 Å². The quantitative estimate of drug-likeness (QED) is 0.515. The van der Waals surface area contributed by atoms with Gasteiger partial charge in [0, 0.05) is 5.56 Å². The molecule has 0 aromatic heterocycles. The third-order valence-electron chi connectivity index (χ3n) is 4.14. The first kappa shape index (κ1) is 19.3. The number of carbonyl (C=O) groups is 3. The number of carbonyl (C=O) groups excluding carboxylic acids is 2. The number of aryl methyl sites for hydroxylation is 1. The highest BCUT2D eigenvalue weighted by Gasteiger charge is 2.30.